The molecule has 13 heavy (non-hydrogen) atoms. The molecule has 0 aromatic carbocycles. The van der Waals surface area contributed by atoms with Crippen molar-refractivity contribution in [3.8, 4) is 0 Å². The molecule has 0 N–H and O–H groups in total. The van der Waals surface area contributed by atoms with Crippen molar-refractivity contribution in [2.24, 2.45) is 0 Å². The summed E-state index contributed by atoms with van der Waals surface area (Å²) < 4.78 is 0. The second-order valence-corrected chi connectivity index (χ2v) is 4.98. The van der Waals surface area contributed by atoms with E-state index in [2.05, 4.69) is 16.0 Å². The number of rotatable bonds is 1. The van der Waals surface area contributed by atoms with Gasteiger partial charge in [0.15, 0.2) is 0 Å². The highest BCUT2D eigenvalue weighted by molar-refractivity contribution is 8.03. The summed E-state index contributed by atoms with van der Waals surface area (Å²) in [4.78, 5) is 6.50. The standard InChI is InChI=1S/C9H12N2S2/c1-2-9(6-10-3-1)11-7-12-4-5-13-8-11/h1-3,6H,4-5,7-8H2. The van der Waals surface area contributed by atoms with Gasteiger partial charge in [0.25, 0.3) is 0 Å². The van der Waals surface area contributed by atoms with Gasteiger partial charge in [-0.05, 0) is 12.1 Å². The van der Waals surface area contributed by atoms with E-state index < -0.39 is 0 Å². The molecule has 2 heterocycles. The summed E-state index contributed by atoms with van der Waals surface area (Å²) in [6.45, 7) is 0. The van der Waals surface area contributed by atoms with Crippen molar-refractivity contribution in [1.82, 2.24) is 4.98 Å². The van der Waals surface area contributed by atoms with Gasteiger partial charge in [-0.3, -0.25) is 4.98 Å². The van der Waals surface area contributed by atoms with E-state index >= 15 is 0 Å². The van der Waals surface area contributed by atoms with Gasteiger partial charge in [0.05, 0.1) is 23.6 Å². The molecule has 0 bridgehead atoms. The Bertz CT molecular complexity index is 245. The van der Waals surface area contributed by atoms with Gasteiger partial charge in [0, 0.05) is 17.7 Å². The third kappa shape index (κ3) is 2.54. The molecular formula is C9H12N2S2. The molecule has 0 atom stereocenters. The molecule has 2 nitrogen and oxygen atoms in total. The minimum Gasteiger partial charge on any atom is -0.352 e. The summed E-state index contributed by atoms with van der Waals surface area (Å²) in [6.07, 6.45) is 3.76. The highest BCUT2D eigenvalue weighted by atomic mass is 32.2. The molecule has 1 aliphatic rings. The molecule has 2 rings (SSSR count). The third-order valence-electron chi connectivity index (χ3n) is 1.88. The topological polar surface area (TPSA) is 16.1 Å². The van der Waals surface area contributed by atoms with Crippen LogP contribution in [0.2, 0.25) is 0 Å². The number of thioether (sulfide) groups is 2. The van der Waals surface area contributed by atoms with E-state index in [1.165, 1.54) is 17.2 Å². The summed E-state index contributed by atoms with van der Waals surface area (Å²) in [5.74, 6) is 4.72. The SMILES string of the molecule is c1cncc(N2CSCCSC2)c1. The fraction of sp³-hybridized carbons (Fsp3) is 0.444. The van der Waals surface area contributed by atoms with E-state index in [-0.39, 0.29) is 0 Å². The van der Waals surface area contributed by atoms with Gasteiger partial charge in [0.2, 0.25) is 0 Å². The predicted molar refractivity (Wildman–Crippen MR) is 61.4 cm³/mol. The van der Waals surface area contributed by atoms with Crippen LogP contribution in [0.5, 0.6) is 0 Å². The Hall–Kier alpha value is -0.350. The molecule has 0 aliphatic carbocycles. The van der Waals surface area contributed by atoms with Crippen molar-refractivity contribution < 1.29 is 0 Å². The van der Waals surface area contributed by atoms with Gasteiger partial charge >= 0.3 is 0 Å². The third-order valence-corrected chi connectivity index (χ3v) is 4.11. The van der Waals surface area contributed by atoms with E-state index in [1.807, 2.05) is 42.0 Å². The molecule has 0 amide bonds. The molecule has 0 saturated carbocycles. The highest BCUT2D eigenvalue weighted by Crippen LogP contribution is 2.22. The van der Waals surface area contributed by atoms with Crippen LogP contribution in [0.15, 0.2) is 24.5 Å². The van der Waals surface area contributed by atoms with E-state index in [0.717, 1.165) is 11.8 Å². The molecule has 1 aromatic heterocycles. The second-order valence-electron chi connectivity index (χ2n) is 2.83. The van der Waals surface area contributed by atoms with Gasteiger partial charge in [-0.25, -0.2) is 0 Å². The number of anilines is 1. The first-order valence-electron chi connectivity index (χ1n) is 4.27. The molecule has 1 aliphatic heterocycles. The van der Waals surface area contributed by atoms with Crippen molar-refractivity contribution in [1.29, 1.82) is 0 Å². The lowest BCUT2D eigenvalue weighted by Gasteiger charge is -2.20. The number of hydrogen-bond donors (Lipinski definition) is 0. The highest BCUT2D eigenvalue weighted by Gasteiger charge is 2.09. The Balaban J connectivity index is 2.06. The summed E-state index contributed by atoms with van der Waals surface area (Å²) in [7, 11) is 0. The zero-order valence-electron chi connectivity index (χ0n) is 7.35. The van der Waals surface area contributed by atoms with Crippen LogP contribution < -0.4 is 4.90 Å². The molecule has 4 heteroatoms. The van der Waals surface area contributed by atoms with Crippen LogP contribution >= 0.6 is 23.5 Å². The fourth-order valence-electron chi connectivity index (χ4n) is 1.19. The molecule has 0 unspecified atom stereocenters. The van der Waals surface area contributed by atoms with Gasteiger partial charge in [-0.15, -0.1) is 23.5 Å². The van der Waals surface area contributed by atoms with Crippen molar-refractivity contribution in [3.63, 3.8) is 0 Å². The number of pyridine rings is 1. The first-order valence-corrected chi connectivity index (χ1v) is 6.58. The molecule has 0 radical (unpaired) electrons. The smallest absolute Gasteiger partial charge is 0.0648 e. The average Bonchev–Trinajstić information content (AvgIpc) is 2.47. The van der Waals surface area contributed by atoms with Crippen molar-refractivity contribution in [2.75, 3.05) is 28.2 Å². The number of hydrogen-bond acceptors (Lipinski definition) is 4. The maximum Gasteiger partial charge on any atom is 0.0648 e. The Morgan fingerprint density at radius 3 is 2.62 bits per heavy atom. The predicted octanol–water partition coefficient (Wildman–Crippen LogP) is 2.28. The minimum atomic E-state index is 1.10. The van der Waals surface area contributed by atoms with Gasteiger partial charge in [-0.1, -0.05) is 0 Å². The van der Waals surface area contributed by atoms with E-state index in [4.69, 9.17) is 0 Å². The molecular weight excluding hydrogens is 200 g/mol. The first kappa shape index (κ1) is 9.21. The average molecular weight is 212 g/mol. The van der Waals surface area contributed by atoms with Crippen LogP contribution in [-0.2, 0) is 0 Å². The quantitative estimate of drug-likeness (QED) is 0.709. The fourth-order valence-corrected chi connectivity index (χ4v) is 3.43. The van der Waals surface area contributed by atoms with Crippen LogP contribution in [0.25, 0.3) is 0 Å². The lowest BCUT2D eigenvalue weighted by Crippen LogP contribution is -2.20. The van der Waals surface area contributed by atoms with Crippen LogP contribution in [0, 0.1) is 0 Å². The monoisotopic (exact) mass is 212 g/mol. The van der Waals surface area contributed by atoms with E-state index in [0.29, 0.717) is 0 Å². The largest absolute Gasteiger partial charge is 0.352 e. The van der Waals surface area contributed by atoms with Gasteiger partial charge in [0.1, 0.15) is 0 Å². The van der Waals surface area contributed by atoms with Crippen LogP contribution in [0.1, 0.15) is 0 Å². The molecule has 0 spiro atoms. The lowest BCUT2D eigenvalue weighted by atomic mass is 10.4. The van der Waals surface area contributed by atoms with Gasteiger partial charge < -0.3 is 4.90 Å². The maximum absolute atomic E-state index is 4.13. The summed E-state index contributed by atoms with van der Waals surface area (Å²) in [5.41, 5.74) is 1.24. The van der Waals surface area contributed by atoms with Crippen molar-refractivity contribution >= 4 is 29.2 Å². The molecule has 1 fully saturated rings. The summed E-state index contributed by atoms with van der Waals surface area (Å²) >= 11 is 3.99. The Kier molecular flexibility index (Phi) is 3.38. The van der Waals surface area contributed by atoms with E-state index in [9.17, 15) is 0 Å². The lowest BCUT2D eigenvalue weighted by molar-refractivity contribution is 1.06. The normalized spacial score (nSPS) is 18.3. The van der Waals surface area contributed by atoms with Crippen LogP contribution in [0.3, 0.4) is 0 Å². The first-order chi connectivity index (χ1) is 6.47. The maximum atomic E-state index is 4.13. The van der Waals surface area contributed by atoms with Crippen LogP contribution in [-0.4, -0.2) is 28.2 Å². The zero-order valence-corrected chi connectivity index (χ0v) is 8.98. The second kappa shape index (κ2) is 4.77. The summed E-state index contributed by atoms with van der Waals surface area (Å²) in [5, 5.41) is 0. The summed E-state index contributed by atoms with van der Waals surface area (Å²) in [6, 6.07) is 4.12. The zero-order chi connectivity index (χ0) is 8.93. The Morgan fingerprint density at radius 2 is 2.00 bits per heavy atom. The van der Waals surface area contributed by atoms with Gasteiger partial charge in [-0.2, -0.15) is 0 Å². The molecule has 70 valence electrons. The van der Waals surface area contributed by atoms with Crippen molar-refractivity contribution in [2.45, 2.75) is 0 Å². The number of aromatic nitrogens is 1. The number of nitrogens with zero attached hydrogens (tertiary/aromatic N) is 2. The Labute approximate surface area is 87.1 Å². The van der Waals surface area contributed by atoms with Crippen molar-refractivity contribution in [3.05, 3.63) is 24.5 Å². The minimum absolute atomic E-state index is 1.10. The van der Waals surface area contributed by atoms with E-state index in [1.54, 1.807) is 0 Å². The molecule has 1 aromatic rings. The Morgan fingerprint density at radius 1 is 1.23 bits per heavy atom. The molecule has 1 saturated heterocycles. The van der Waals surface area contributed by atoms with Crippen LogP contribution in [0.4, 0.5) is 5.69 Å².